The van der Waals surface area contributed by atoms with E-state index in [2.05, 4.69) is 5.10 Å². The highest BCUT2D eigenvalue weighted by Crippen LogP contribution is 2.27. The van der Waals surface area contributed by atoms with Gasteiger partial charge in [0.1, 0.15) is 0 Å². The Bertz CT molecular complexity index is 481. The van der Waals surface area contributed by atoms with Crippen LogP contribution in [0.2, 0.25) is 0 Å². The number of ether oxygens (including phenoxy) is 2. The predicted molar refractivity (Wildman–Crippen MR) is 54.5 cm³/mol. The van der Waals surface area contributed by atoms with Crippen molar-refractivity contribution in [2.45, 2.75) is 11.4 Å². The second-order valence-corrected chi connectivity index (χ2v) is 5.20. The molecule has 0 aromatic carbocycles. The summed E-state index contributed by atoms with van der Waals surface area (Å²) in [7, 11) is -2.16. The van der Waals surface area contributed by atoms with E-state index >= 15 is 0 Å². The van der Waals surface area contributed by atoms with E-state index in [1.54, 1.807) is 7.11 Å². The minimum Gasteiger partial charge on any atom is -0.476 e. The van der Waals surface area contributed by atoms with E-state index in [9.17, 15) is 8.42 Å². The Labute approximate surface area is 93.2 Å². The van der Waals surface area contributed by atoms with Crippen molar-refractivity contribution in [1.29, 1.82) is 0 Å². The molecule has 0 radical (unpaired) electrons. The summed E-state index contributed by atoms with van der Waals surface area (Å²) in [6.45, 7) is 1.52. The van der Waals surface area contributed by atoms with Crippen LogP contribution in [0.25, 0.3) is 0 Å². The topological polar surface area (TPSA) is 96.4 Å². The van der Waals surface area contributed by atoms with Crippen LogP contribution in [0.15, 0.2) is 11.1 Å². The smallest absolute Gasteiger partial charge is 0.245 e. The lowest BCUT2D eigenvalue weighted by atomic mass is 10.1. The lowest BCUT2D eigenvalue weighted by Crippen LogP contribution is -2.29. The van der Waals surface area contributed by atoms with Crippen LogP contribution in [-0.4, -0.2) is 38.5 Å². The molecule has 0 saturated carbocycles. The lowest BCUT2D eigenvalue weighted by Gasteiger charge is -2.23. The maximum atomic E-state index is 11.2. The fraction of sp³-hybridized carbons (Fsp3) is 0.625. The van der Waals surface area contributed by atoms with Gasteiger partial charge in [0, 0.05) is 13.0 Å². The van der Waals surface area contributed by atoms with Gasteiger partial charge in [-0.25, -0.2) is 18.2 Å². The fourth-order valence-corrected chi connectivity index (χ4v) is 2.26. The van der Waals surface area contributed by atoms with Gasteiger partial charge in [0.2, 0.25) is 15.9 Å². The highest BCUT2D eigenvalue weighted by molar-refractivity contribution is 7.89. The molecule has 0 bridgehead atoms. The molecule has 90 valence electrons. The molecule has 0 spiro atoms. The molecule has 7 nitrogen and oxygen atoms in total. The minimum atomic E-state index is -3.77. The summed E-state index contributed by atoms with van der Waals surface area (Å²) in [5, 5.41) is 8.97. The maximum absolute atomic E-state index is 11.2. The van der Waals surface area contributed by atoms with Crippen LogP contribution in [0.3, 0.4) is 0 Å². The van der Waals surface area contributed by atoms with Gasteiger partial charge in [-0.15, -0.1) is 0 Å². The molecule has 0 amide bonds. The molecule has 8 heteroatoms. The summed E-state index contributed by atoms with van der Waals surface area (Å²) in [4.78, 5) is -0.0663. The van der Waals surface area contributed by atoms with Gasteiger partial charge in [-0.3, -0.25) is 0 Å². The predicted octanol–water partition coefficient (Wildman–Crippen LogP) is -0.814. The van der Waals surface area contributed by atoms with E-state index in [0.717, 1.165) is 0 Å². The monoisotopic (exact) mass is 247 g/mol. The zero-order valence-electron chi connectivity index (χ0n) is 8.79. The van der Waals surface area contributed by atoms with Crippen LogP contribution in [0.5, 0.6) is 5.88 Å². The molecule has 2 rings (SSSR count). The summed E-state index contributed by atoms with van der Waals surface area (Å²) in [5.74, 6) is 0.389. The van der Waals surface area contributed by atoms with E-state index in [4.69, 9.17) is 14.6 Å². The number of primary sulfonamides is 1. The highest BCUT2D eigenvalue weighted by atomic mass is 32.2. The lowest BCUT2D eigenvalue weighted by molar-refractivity contribution is 0.0779. The van der Waals surface area contributed by atoms with Crippen molar-refractivity contribution in [1.82, 2.24) is 9.78 Å². The van der Waals surface area contributed by atoms with Crippen molar-refractivity contribution in [3.63, 3.8) is 0 Å². The fourth-order valence-electron chi connectivity index (χ4n) is 1.66. The zero-order valence-corrected chi connectivity index (χ0v) is 9.61. The van der Waals surface area contributed by atoms with E-state index in [1.807, 2.05) is 0 Å². The van der Waals surface area contributed by atoms with Crippen LogP contribution >= 0.6 is 0 Å². The van der Waals surface area contributed by atoms with E-state index in [1.165, 1.54) is 10.9 Å². The van der Waals surface area contributed by atoms with E-state index < -0.39 is 10.0 Å². The SMILES string of the molecule is COCC1COc2c(S(N)(=O)=O)cnn2C1. The third-order valence-corrected chi connectivity index (χ3v) is 3.25. The van der Waals surface area contributed by atoms with Gasteiger partial charge in [0.05, 0.1) is 26.0 Å². The first-order chi connectivity index (χ1) is 7.52. The Hall–Kier alpha value is -1.12. The zero-order chi connectivity index (χ0) is 11.8. The third kappa shape index (κ3) is 2.04. The van der Waals surface area contributed by atoms with Crippen LogP contribution in [-0.2, 0) is 21.3 Å². The number of nitrogens with two attached hydrogens (primary N) is 1. The van der Waals surface area contributed by atoms with Crippen molar-refractivity contribution >= 4 is 10.0 Å². The summed E-state index contributed by atoms with van der Waals surface area (Å²) in [6, 6.07) is 0. The summed E-state index contributed by atoms with van der Waals surface area (Å²) >= 11 is 0. The number of methoxy groups -OCH3 is 1. The Morgan fingerprint density at radius 1 is 1.75 bits per heavy atom. The minimum absolute atomic E-state index is 0.0663. The average molecular weight is 247 g/mol. The van der Waals surface area contributed by atoms with Crippen molar-refractivity contribution in [2.75, 3.05) is 20.3 Å². The summed E-state index contributed by atoms with van der Waals surface area (Å²) in [5.41, 5.74) is 0. The molecule has 2 heterocycles. The van der Waals surface area contributed by atoms with E-state index in [0.29, 0.717) is 19.8 Å². The summed E-state index contributed by atoms with van der Waals surface area (Å²) < 4.78 is 34.2. The van der Waals surface area contributed by atoms with E-state index in [-0.39, 0.29) is 16.7 Å². The molecule has 1 aliphatic heterocycles. The molecule has 0 fully saturated rings. The van der Waals surface area contributed by atoms with Crippen LogP contribution in [0.1, 0.15) is 0 Å². The molecule has 1 aromatic rings. The molecule has 1 unspecified atom stereocenters. The molecule has 0 aliphatic carbocycles. The normalized spacial score (nSPS) is 20.2. The Kier molecular flexibility index (Phi) is 2.87. The Morgan fingerprint density at radius 2 is 2.50 bits per heavy atom. The third-order valence-electron chi connectivity index (χ3n) is 2.36. The van der Waals surface area contributed by atoms with Crippen molar-refractivity contribution in [3.05, 3.63) is 6.20 Å². The first-order valence-corrected chi connectivity index (χ1v) is 6.27. The Morgan fingerprint density at radius 3 is 3.12 bits per heavy atom. The second kappa shape index (κ2) is 4.04. The highest BCUT2D eigenvalue weighted by Gasteiger charge is 2.27. The van der Waals surface area contributed by atoms with Crippen LogP contribution in [0.4, 0.5) is 0 Å². The maximum Gasteiger partial charge on any atom is 0.245 e. The largest absolute Gasteiger partial charge is 0.476 e. The van der Waals surface area contributed by atoms with Crippen molar-refractivity contribution in [3.8, 4) is 5.88 Å². The molecular weight excluding hydrogens is 234 g/mol. The summed E-state index contributed by atoms with van der Waals surface area (Å²) in [6.07, 6.45) is 1.21. The second-order valence-electron chi connectivity index (χ2n) is 3.67. The first-order valence-electron chi connectivity index (χ1n) is 4.72. The van der Waals surface area contributed by atoms with Gasteiger partial charge in [-0.1, -0.05) is 0 Å². The number of fused-ring (bicyclic) bond motifs is 1. The molecular formula is C8H13N3O4S. The average Bonchev–Trinajstić information content (AvgIpc) is 2.60. The Balaban J connectivity index is 2.27. The number of hydrogen-bond acceptors (Lipinski definition) is 5. The van der Waals surface area contributed by atoms with Gasteiger partial charge in [0.25, 0.3) is 0 Å². The molecule has 16 heavy (non-hydrogen) atoms. The van der Waals surface area contributed by atoms with Crippen molar-refractivity contribution in [2.24, 2.45) is 11.1 Å². The molecule has 1 aromatic heterocycles. The van der Waals surface area contributed by atoms with Gasteiger partial charge in [-0.05, 0) is 0 Å². The first kappa shape index (κ1) is 11.4. The molecule has 1 aliphatic rings. The quantitative estimate of drug-likeness (QED) is 0.753. The molecule has 1 atom stereocenters. The molecule has 2 N–H and O–H groups in total. The standard InChI is InChI=1S/C8H13N3O4S/c1-14-4-6-3-11-8(15-5-6)7(2-10-11)16(9,12)13/h2,6H,3-5H2,1H3,(H2,9,12,13). The number of sulfonamides is 1. The number of nitrogens with zero attached hydrogens (tertiary/aromatic N) is 2. The number of hydrogen-bond donors (Lipinski definition) is 1. The van der Waals surface area contributed by atoms with Crippen LogP contribution in [0, 0.1) is 5.92 Å². The number of rotatable bonds is 3. The van der Waals surface area contributed by atoms with Crippen molar-refractivity contribution < 1.29 is 17.9 Å². The molecule has 0 saturated heterocycles. The number of aromatic nitrogens is 2. The van der Waals surface area contributed by atoms with Gasteiger partial charge in [-0.2, -0.15) is 5.10 Å². The van der Waals surface area contributed by atoms with Gasteiger partial charge >= 0.3 is 0 Å². The van der Waals surface area contributed by atoms with Gasteiger partial charge in [0.15, 0.2) is 4.90 Å². The van der Waals surface area contributed by atoms with Gasteiger partial charge < -0.3 is 9.47 Å². The van der Waals surface area contributed by atoms with Crippen LogP contribution < -0.4 is 9.88 Å².